The summed E-state index contributed by atoms with van der Waals surface area (Å²) in [6, 6.07) is 9.87. The van der Waals surface area contributed by atoms with Gasteiger partial charge < -0.3 is 9.88 Å². The fraction of sp³-hybridized carbons (Fsp3) is 0.286. The van der Waals surface area contributed by atoms with E-state index in [9.17, 15) is 26.0 Å². The van der Waals surface area contributed by atoms with Crippen molar-refractivity contribution < 1.29 is 26.0 Å². The summed E-state index contributed by atoms with van der Waals surface area (Å²) in [5, 5.41) is 3.02. The summed E-state index contributed by atoms with van der Waals surface area (Å²) < 4.78 is 81.3. The van der Waals surface area contributed by atoms with Crippen LogP contribution in [-0.4, -0.2) is 41.4 Å². The number of rotatable bonds is 5. The molecule has 1 saturated heterocycles. The molecule has 2 atom stereocenters. The molecule has 1 aliphatic heterocycles. The average molecular weight is 468 g/mol. The van der Waals surface area contributed by atoms with Crippen LogP contribution in [0.15, 0.2) is 66.1 Å². The Labute approximate surface area is 182 Å². The zero-order valence-electron chi connectivity index (χ0n) is 16.9. The lowest BCUT2D eigenvalue weighted by atomic mass is 9.94. The number of anilines is 1. The first-order valence-corrected chi connectivity index (χ1v) is 11.2. The van der Waals surface area contributed by atoms with E-state index in [1.165, 1.54) is 51.7 Å². The highest BCUT2D eigenvalue weighted by atomic mass is 32.2. The molecule has 4 rings (SSSR count). The van der Waals surface area contributed by atoms with Crippen molar-refractivity contribution in [3.63, 3.8) is 0 Å². The number of nitrogens with one attached hydrogen (secondary N) is 1. The maximum absolute atomic E-state index is 13.9. The summed E-state index contributed by atoms with van der Waals surface area (Å²) in [7, 11) is -2.25. The monoisotopic (exact) mass is 468 g/mol. The smallest absolute Gasteiger partial charge is 0.380 e. The number of imidazole rings is 1. The van der Waals surface area contributed by atoms with E-state index in [1.54, 1.807) is 13.1 Å². The van der Waals surface area contributed by atoms with Crippen LogP contribution in [0, 0.1) is 5.82 Å². The highest BCUT2D eigenvalue weighted by Gasteiger charge is 2.41. The number of hydrogen-bond acceptors (Lipinski definition) is 4. The minimum absolute atomic E-state index is 0.0428. The van der Waals surface area contributed by atoms with Gasteiger partial charge in [0.05, 0.1) is 11.9 Å². The summed E-state index contributed by atoms with van der Waals surface area (Å²) in [5.74, 6) is -0.881. The topological polar surface area (TPSA) is 67.2 Å². The van der Waals surface area contributed by atoms with E-state index >= 15 is 0 Å². The second kappa shape index (κ2) is 8.21. The summed E-state index contributed by atoms with van der Waals surface area (Å²) >= 11 is 0. The molecule has 170 valence electrons. The molecule has 32 heavy (non-hydrogen) atoms. The van der Waals surface area contributed by atoms with Gasteiger partial charge in [0, 0.05) is 44.0 Å². The highest BCUT2D eigenvalue weighted by molar-refractivity contribution is 7.89. The van der Waals surface area contributed by atoms with E-state index in [4.69, 9.17) is 0 Å². The van der Waals surface area contributed by atoms with Gasteiger partial charge in [-0.3, -0.25) is 0 Å². The third-order valence-electron chi connectivity index (χ3n) is 5.41. The second-order valence-electron chi connectivity index (χ2n) is 7.69. The Morgan fingerprint density at radius 3 is 2.41 bits per heavy atom. The molecule has 0 saturated carbocycles. The van der Waals surface area contributed by atoms with Gasteiger partial charge in [0.2, 0.25) is 0 Å². The summed E-state index contributed by atoms with van der Waals surface area (Å²) in [6.07, 6.45) is -1.68. The van der Waals surface area contributed by atoms with Crippen molar-refractivity contribution in [1.29, 1.82) is 0 Å². The Morgan fingerprint density at radius 2 is 1.81 bits per heavy atom. The molecule has 1 aliphatic rings. The molecule has 2 unspecified atom stereocenters. The van der Waals surface area contributed by atoms with Crippen LogP contribution in [-0.2, 0) is 23.2 Å². The molecule has 1 N–H and O–H groups in total. The second-order valence-corrected chi connectivity index (χ2v) is 9.57. The predicted octanol–water partition coefficient (Wildman–Crippen LogP) is 3.85. The Bertz CT molecular complexity index is 1210. The van der Waals surface area contributed by atoms with Crippen LogP contribution < -0.4 is 5.32 Å². The molecule has 0 amide bonds. The lowest BCUT2D eigenvalue weighted by Gasteiger charge is -2.21. The number of aromatic nitrogens is 2. The van der Waals surface area contributed by atoms with Crippen LogP contribution in [0.3, 0.4) is 0 Å². The van der Waals surface area contributed by atoms with Crippen LogP contribution in [0.4, 0.5) is 23.2 Å². The first-order chi connectivity index (χ1) is 15.0. The predicted molar refractivity (Wildman–Crippen MR) is 110 cm³/mol. The van der Waals surface area contributed by atoms with E-state index < -0.39 is 39.5 Å². The third-order valence-corrected chi connectivity index (χ3v) is 7.13. The van der Waals surface area contributed by atoms with E-state index in [-0.39, 0.29) is 18.1 Å². The van der Waals surface area contributed by atoms with Crippen molar-refractivity contribution in [2.45, 2.75) is 23.2 Å². The minimum atomic E-state index is -4.45. The molecule has 0 radical (unpaired) electrons. The quantitative estimate of drug-likeness (QED) is 0.578. The van der Waals surface area contributed by atoms with Crippen LogP contribution in [0.25, 0.3) is 0 Å². The van der Waals surface area contributed by atoms with Crippen LogP contribution >= 0.6 is 0 Å². The number of nitrogens with zero attached hydrogens (tertiary/aromatic N) is 3. The zero-order valence-corrected chi connectivity index (χ0v) is 17.7. The van der Waals surface area contributed by atoms with Gasteiger partial charge in [0.15, 0.2) is 5.03 Å². The van der Waals surface area contributed by atoms with Gasteiger partial charge in [-0.15, -0.1) is 0 Å². The van der Waals surface area contributed by atoms with Gasteiger partial charge in [-0.25, -0.2) is 17.8 Å². The number of sulfonamides is 1. The molecule has 0 bridgehead atoms. The third kappa shape index (κ3) is 4.49. The minimum Gasteiger partial charge on any atom is -0.380 e. The average Bonchev–Trinajstić information content (AvgIpc) is 3.35. The van der Waals surface area contributed by atoms with Crippen molar-refractivity contribution in [3.8, 4) is 0 Å². The van der Waals surface area contributed by atoms with Crippen LogP contribution in [0.1, 0.15) is 17.0 Å². The number of alkyl halides is 3. The molecule has 6 nitrogen and oxygen atoms in total. The Hall–Kier alpha value is -2.92. The fourth-order valence-electron chi connectivity index (χ4n) is 3.81. The first-order valence-electron chi connectivity index (χ1n) is 9.71. The van der Waals surface area contributed by atoms with Crippen molar-refractivity contribution >= 4 is 15.7 Å². The molecule has 11 heteroatoms. The van der Waals surface area contributed by atoms with Gasteiger partial charge in [0.1, 0.15) is 5.82 Å². The molecule has 2 aromatic carbocycles. The molecule has 1 aromatic heterocycles. The number of aryl methyl sites for hydroxylation is 1. The van der Waals surface area contributed by atoms with Crippen molar-refractivity contribution in [3.05, 3.63) is 78.0 Å². The van der Waals surface area contributed by atoms with Gasteiger partial charge in [-0.1, -0.05) is 12.1 Å². The zero-order chi connectivity index (χ0) is 23.1. The van der Waals surface area contributed by atoms with Gasteiger partial charge in [-0.2, -0.15) is 17.5 Å². The van der Waals surface area contributed by atoms with E-state index in [0.29, 0.717) is 11.3 Å². The normalized spacial score (nSPS) is 19.9. The first kappa shape index (κ1) is 22.3. The van der Waals surface area contributed by atoms with E-state index in [1.807, 2.05) is 0 Å². The molecule has 0 spiro atoms. The standard InChI is InChI=1S/C21H20F4N4O2S/c1-28-12-20(26-13-28)32(30,31)29-10-18(14-3-2-4-16(22)9-14)19(11-29)27-17-7-5-15(6-8-17)21(23,24)25/h2-9,12-13,18-19,27H,10-11H2,1H3. The van der Waals surface area contributed by atoms with Crippen molar-refractivity contribution in [1.82, 2.24) is 13.9 Å². The number of halogens is 4. The number of benzene rings is 2. The molecule has 1 fully saturated rings. The van der Waals surface area contributed by atoms with Crippen LogP contribution in [0.2, 0.25) is 0 Å². The number of hydrogen-bond donors (Lipinski definition) is 1. The molecule has 3 aromatic rings. The summed E-state index contributed by atoms with van der Waals surface area (Å²) in [6.45, 7) is 0.113. The molecule has 2 heterocycles. The SMILES string of the molecule is Cn1cnc(S(=O)(=O)N2CC(Nc3ccc(C(F)(F)F)cc3)C(c3cccc(F)c3)C2)c1. The Kier molecular flexibility index (Phi) is 5.72. The molecular weight excluding hydrogens is 448 g/mol. The van der Waals surface area contributed by atoms with Gasteiger partial charge in [-0.05, 0) is 42.0 Å². The maximum atomic E-state index is 13.9. The van der Waals surface area contributed by atoms with E-state index in [2.05, 4.69) is 10.3 Å². The van der Waals surface area contributed by atoms with Gasteiger partial charge in [0.25, 0.3) is 10.0 Å². The Balaban J connectivity index is 1.63. The summed E-state index contributed by atoms with van der Waals surface area (Å²) in [4.78, 5) is 3.93. The lowest BCUT2D eigenvalue weighted by Crippen LogP contribution is -2.32. The molecular formula is C21H20F4N4O2S. The van der Waals surface area contributed by atoms with Crippen molar-refractivity contribution in [2.75, 3.05) is 18.4 Å². The van der Waals surface area contributed by atoms with Crippen molar-refractivity contribution in [2.24, 2.45) is 7.05 Å². The van der Waals surface area contributed by atoms with Crippen LogP contribution in [0.5, 0.6) is 0 Å². The highest BCUT2D eigenvalue weighted by Crippen LogP contribution is 2.34. The lowest BCUT2D eigenvalue weighted by molar-refractivity contribution is -0.137. The maximum Gasteiger partial charge on any atom is 0.416 e. The van der Waals surface area contributed by atoms with Gasteiger partial charge >= 0.3 is 6.18 Å². The fourth-order valence-corrected chi connectivity index (χ4v) is 5.27. The summed E-state index contributed by atoms with van der Waals surface area (Å²) in [5.41, 5.74) is 0.213. The largest absolute Gasteiger partial charge is 0.416 e. The molecule has 0 aliphatic carbocycles. The van der Waals surface area contributed by atoms with E-state index in [0.717, 1.165) is 12.1 Å². The Morgan fingerprint density at radius 1 is 1.09 bits per heavy atom.